The molecule has 1 aromatic carbocycles. The summed E-state index contributed by atoms with van der Waals surface area (Å²) in [6, 6.07) is 7.32. The maximum Gasteiger partial charge on any atom is 0.272 e. The number of carbonyl (C=O) groups is 1. The van der Waals surface area contributed by atoms with E-state index in [2.05, 4.69) is 5.10 Å². The van der Waals surface area contributed by atoms with E-state index >= 15 is 0 Å². The lowest BCUT2D eigenvalue weighted by Crippen LogP contribution is -2.48. The van der Waals surface area contributed by atoms with Gasteiger partial charge in [-0.3, -0.25) is 9.48 Å². The van der Waals surface area contributed by atoms with E-state index in [-0.39, 0.29) is 37.2 Å². The lowest BCUT2D eigenvalue weighted by molar-refractivity contribution is -0.0520. The van der Waals surface area contributed by atoms with E-state index < -0.39 is 5.92 Å². The molecular weight excluding hydrogens is 359 g/mol. The topological polar surface area (TPSA) is 47.4 Å². The van der Waals surface area contributed by atoms with Gasteiger partial charge in [-0.25, -0.2) is 13.2 Å². The van der Waals surface area contributed by atoms with Crippen LogP contribution in [0, 0.1) is 5.82 Å². The van der Waals surface area contributed by atoms with Crippen LogP contribution >= 0.6 is 0 Å². The molecule has 1 aliphatic carbocycles. The Morgan fingerprint density at radius 3 is 2.70 bits per heavy atom. The van der Waals surface area contributed by atoms with Crippen LogP contribution in [0.2, 0.25) is 0 Å². The molecular formula is C19H20F3N3O2. The van der Waals surface area contributed by atoms with Crippen LogP contribution in [0.5, 0.6) is 5.75 Å². The van der Waals surface area contributed by atoms with Crippen molar-refractivity contribution in [3.05, 3.63) is 47.5 Å². The summed E-state index contributed by atoms with van der Waals surface area (Å²) in [5, 5.41) is 4.37. The van der Waals surface area contributed by atoms with Crippen molar-refractivity contribution in [2.45, 2.75) is 50.8 Å². The first-order valence-electron chi connectivity index (χ1n) is 9.05. The van der Waals surface area contributed by atoms with Crippen molar-refractivity contribution in [3.63, 3.8) is 0 Å². The minimum atomic E-state index is -2.61. The van der Waals surface area contributed by atoms with Gasteiger partial charge in [0.15, 0.2) is 0 Å². The molecule has 2 aromatic rings. The van der Waals surface area contributed by atoms with Gasteiger partial charge in [0.05, 0.1) is 6.54 Å². The summed E-state index contributed by atoms with van der Waals surface area (Å²) in [4.78, 5) is 14.5. The first kappa shape index (κ1) is 17.9. The number of hydrogen-bond donors (Lipinski definition) is 0. The average Bonchev–Trinajstić information content (AvgIpc) is 3.05. The predicted molar refractivity (Wildman–Crippen MR) is 91.2 cm³/mol. The highest BCUT2D eigenvalue weighted by molar-refractivity contribution is 5.93. The van der Waals surface area contributed by atoms with Crippen LogP contribution in [0.1, 0.15) is 41.9 Å². The number of fused-ring (bicyclic) bond motifs is 1. The van der Waals surface area contributed by atoms with Crippen molar-refractivity contribution >= 4 is 5.91 Å². The summed E-state index contributed by atoms with van der Waals surface area (Å²) in [6.45, 7) is 1.11. The zero-order valence-electron chi connectivity index (χ0n) is 14.7. The molecule has 27 heavy (non-hydrogen) atoms. The SMILES string of the molecule is O=C1c2cc(COc3cccc(F)c3)nn2CCN1C1CCC(F)(F)CC1. The van der Waals surface area contributed by atoms with E-state index in [1.807, 2.05) is 0 Å². The van der Waals surface area contributed by atoms with Gasteiger partial charge in [0.1, 0.15) is 29.6 Å². The average molecular weight is 379 g/mol. The molecule has 8 heteroatoms. The maximum atomic E-state index is 13.4. The Morgan fingerprint density at radius 1 is 1.19 bits per heavy atom. The van der Waals surface area contributed by atoms with E-state index in [1.165, 1.54) is 12.1 Å². The molecule has 0 spiro atoms. The molecule has 0 atom stereocenters. The molecule has 144 valence electrons. The maximum absolute atomic E-state index is 13.4. The molecule has 1 aliphatic heterocycles. The molecule has 0 radical (unpaired) electrons. The Kier molecular flexibility index (Phi) is 4.57. The number of aromatic nitrogens is 2. The molecule has 1 saturated carbocycles. The Balaban J connectivity index is 1.43. The van der Waals surface area contributed by atoms with Gasteiger partial charge in [-0.2, -0.15) is 5.10 Å². The second kappa shape index (κ2) is 6.90. The van der Waals surface area contributed by atoms with Crippen molar-refractivity contribution in [2.24, 2.45) is 0 Å². The summed E-state index contributed by atoms with van der Waals surface area (Å²) in [5.41, 5.74) is 1.01. The Bertz CT molecular complexity index is 842. The summed E-state index contributed by atoms with van der Waals surface area (Å²) >= 11 is 0. The second-order valence-electron chi connectivity index (χ2n) is 7.08. The standard InChI is InChI=1S/C19H20F3N3O2/c20-13-2-1-3-16(10-13)27-12-14-11-17-18(26)24(8-9-25(17)23-14)15-4-6-19(21,22)7-5-15/h1-3,10-11,15H,4-9,12H2. The van der Waals surface area contributed by atoms with Crippen molar-refractivity contribution in [3.8, 4) is 5.75 Å². The smallest absolute Gasteiger partial charge is 0.272 e. The van der Waals surface area contributed by atoms with Gasteiger partial charge >= 0.3 is 0 Å². The lowest BCUT2D eigenvalue weighted by Gasteiger charge is -2.38. The number of hydrogen-bond acceptors (Lipinski definition) is 3. The molecule has 1 fully saturated rings. The summed E-state index contributed by atoms with van der Waals surface area (Å²) < 4.78 is 47.1. The van der Waals surface area contributed by atoms with Crippen molar-refractivity contribution in [2.75, 3.05) is 6.54 Å². The van der Waals surface area contributed by atoms with Crippen LogP contribution in [0.4, 0.5) is 13.2 Å². The Hall–Kier alpha value is -2.51. The van der Waals surface area contributed by atoms with Crippen LogP contribution < -0.4 is 4.74 Å². The fourth-order valence-electron chi connectivity index (χ4n) is 3.73. The van der Waals surface area contributed by atoms with Crippen molar-refractivity contribution in [1.29, 1.82) is 0 Å². The normalized spacial score (nSPS) is 19.8. The van der Waals surface area contributed by atoms with Crippen LogP contribution in [0.3, 0.4) is 0 Å². The molecule has 2 aliphatic rings. The van der Waals surface area contributed by atoms with Crippen LogP contribution in [0.15, 0.2) is 30.3 Å². The molecule has 1 amide bonds. The van der Waals surface area contributed by atoms with Crippen molar-refractivity contribution < 1.29 is 22.7 Å². The molecule has 4 rings (SSSR count). The first-order chi connectivity index (χ1) is 12.9. The molecule has 2 heterocycles. The molecule has 0 N–H and O–H groups in total. The minimum Gasteiger partial charge on any atom is -0.487 e. The van der Waals surface area contributed by atoms with Crippen LogP contribution in [-0.2, 0) is 13.2 Å². The minimum absolute atomic E-state index is 0.117. The van der Waals surface area contributed by atoms with Gasteiger partial charge < -0.3 is 9.64 Å². The summed E-state index contributed by atoms with van der Waals surface area (Å²) in [6.07, 6.45) is 0.297. The fraction of sp³-hybridized carbons (Fsp3) is 0.474. The monoisotopic (exact) mass is 379 g/mol. The van der Waals surface area contributed by atoms with E-state index in [4.69, 9.17) is 4.74 Å². The third-order valence-electron chi connectivity index (χ3n) is 5.17. The number of alkyl halides is 2. The fourth-order valence-corrected chi connectivity index (χ4v) is 3.73. The van der Waals surface area contributed by atoms with Gasteiger partial charge in [-0.15, -0.1) is 0 Å². The zero-order valence-corrected chi connectivity index (χ0v) is 14.7. The molecule has 0 saturated heterocycles. The summed E-state index contributed by atoms with van der Waals surface area (Å²) in [7, 11) is 0. The summed E-state index contributed by atoms with van der Waals surface area (Å²) in [5.74, 6) is -2.79. The molecule has 0 bridgehead atoms. The Labute approximate surface area is 154 Å². The quantitative estimate of drug-likeness (QED) is 0.815. The van der Waals surface area contributed by atoms with Gasteiger partial charge in [-0.1, -0.05) is 6.07 Å². The zero-order chi connectivity index (χ0) is 19.0. The number of nitrogens with zero attached hydrogens (tertiary/aromatic N) is 3. The van der Waals surface area contributed by atoms with Gasteiger partial charge in [0.25, 0.3) is 5.91 Å². The lowest BCUT2D eigenvalue weighted by atomic mass is 9.90. The van der Waals surface area contributed by atoms with E-state index in [0.29, 0.717) is 43.1 Å². The highest BCUT2D eigenvalue weighted by Gasteiger charge is 2.39. The van der Waals surface area contributed by atoms with E-state index in [1.54, 1.807) is 27.8 Å². The van der Waals surface area contributed by atoms with Gasteiger partial charge in [0, 0.05) is 31.5 Å². The highest BCUT2D eigenvalue weighted by Crippen LogP contribution is 2.36. The molecule has 0 unspecified atom stereocenters. The molecule has 5 nitrogen and oxygen atoms in total. The van der Waals surface area contributed by atoms with Crippen molar-refractivity contribution in [1.82, 2.24) is 14.7 Å². The first-order valence-corrected chi connectivity index (χ1v) is 9.05. The number of rotatable bonds is 4. The third kappa shape index (κ3) is 3.79. The number of amides is 1. The van der Waals surface area contributed by atoms with Gasteiger partial charge in [-0.05, 0) is 31.0 Å². The van der Waals surface area contributed by atoms with E-state index in [0.717, 1.165) is 0 Å². The van der Waals surface area contributed by atoms with Crippen LogP contribution in [0.25, 0.3) is 0 Å². The number of halogens is 3. The highest BCUT2D eigenvalue weighted by atomic mass is 19.3. The molecule has 1 aromatic heterocycles. The second-order valence-corrected chi connectivity index (χ2v) is 7.08. The largest absolute Gasteiger partial charge is 0.487 e. The van der Waals surface area contributed by atoms with E-state index in [9.17, 15) is 18.0 Å². The number of benzene rings is 1. The Morgan fingerprint density at radius 2 is 1.96 bits per heavy atom. The predicted octanol–water partition coefficient (Wildman–Crippen LogP) is 3.63. The number of ether oxygens (including phenoxy) is 1. The van der Waals surface area contributed by atoms with Gasteiger partial charge in [0.2, 0.25) is 5.92 Å². The third-order valence-corrected chi connectivity index (χ3v) is 5.17. The number of carbonyl (C=O) groups excluding carboxylic acids is 1. The van der Waals surface area contributed by atoms with Crippen LogP contribution in [-0.4, -0.2) is 39.1 Å².